The lowest BCUT2D eigenvalue weighted by atomic mass is 9.89. The quantitative estimate of drug-likeness (QED) is 0.655. The maximum Gasteiger partial charge on any atom is 0.0683 e. The SMILES string of the molecule is CCC1CCCCCN1CCCCC(C)(C)C#N. The van der Waals surface area contributed by atoms with Crippen molar-refractivity contribution in [3.8, 4) is 6.07 Å². The average Bonchev–Trinajstić information content (AvgIpc) is 2.59. The fourth-order valence-electron chi connectivity index (χ4n) is 2.93. The second kappa shape index (κ2) is 7.79. The molecule has 18 heavy (non-hydrogen) atoms. The van der Waals surface area contributed by atoms with Gasteiger partial charge in [0.15, 0.2) is 0 Å². The minimum Gasteiger partial charge on any atom is -0.300 e. The molecular weight excluding hydrogens is 220 g/mol. The van der Waals surface area contributed by atoms with Crippen molar-refractivity contribution in [2.45, 2.75) is 78.2 Å². The monoisotopic (exact) mass is 250 g/mol. The number of unbranched alkanes of at least 4 members (excludes halogenated alkanes) is 1. The van der Waals surface area contributed by atoms with Crippen LogP contribution in [0, 0.1) is 16.7 Å². The van der Waals surface area contributed by atoms with Crippen LogP contribution in [0.25, 0.3) is 0 Å². The Bertz CT molecular complexity index is 265. The molecule has 1 heterocycles. The molecule has 1 saturated heterocycles. The molecule has 1 unspecified atom stereocenters. The van der Waals surface area contributed by atoms with E-state index < -0.39 is 0 Å². The molecule has 104 valence electrons. The number of hydrogen-bond donors (Lipinski definition) is 0. The second-order valence-corrected chi connectivity index (χ2v) is 6.40. The molecular formula is C16H30N2. The van der Waals surface area contributed by atoms with Crippen LogP contribution in [0.4, 0.5) is 0 Å². The van der Waals surface area contributed by atoms with Gasteiger partial charge >= 0.3 is 0 Å². The van der Waals surface area contributed by atoms with E-state index >= 15 is 0 Å². The van der Waals surface area contributed by atoms with Crippen molar-refractivity contribution in [3.63, 3.8) is 0 Å². The third-order valence-corrected chi connectivity index (χ3v) is 4.27. The smallest absolute Gasteiger partial charge is 0.0683 e. The zero-order valence-corrected chi connectivity index (χ0v) is 12.5. The van der Waals surface area contributed by atoms with Gasteiger partial charge in [-0.15, -0.1) is 0 Å². The van der Waals surface area contributed by atoms with E-state index in [1.165, 1.54) is 58.0 Å². The van der Waals surface area contributed by atoms with Crippen molar-refractivity contribution in [2.75, 3.05) is 13.1 Å². The maximum atomic E-state index is 9.00. The lowest BCUT2D eigenvalue weighted by molar-refractivity contribution is 0.188. The van der Waals surface area contributed by atoms with E-state index in [9.17, 15) is 0 Å². The van der Waals surface area contributed by atoms with Crippen LogP contribution in [0.1, 0.15) is 72.1 Å². The summed E-state index contributed by atoms with van der Waals surface area (Å²) in [6.07, 6.45) is 10.4. The van der Waals surface area contributed by atoms with Crippen molar-refractivity contribution in [2.24, 2.45) is 5.41 Å². The maximum absolute atomic E-state index is 9.00. The Kier molecular flexibility index (Phi) is 6.71. The number of nitrogens with zero attached hydrogens (tertiary/aromatic N) is 2. The number of nitriles is 1. The van der Waals surface area contributed by atoms with Gasteiger partial charge in [0.2, 0.25) is 0 Å². The van der Waals surface area contributed by atoms with Gasteiger partial charge in [-0.25, -0.2) is 0 Å². The standard InChI is InChI=1S/C16H30N2/c1-4-15-10-6-5-8-12-18(15)13-9-7-11-16(2,3)14-17/h15H,4-13H2,1-3H3. The molecule has 0 bridgehead atoms. The van der Waals surface area contributed by atoms with Crippen molar-refractivity contribution < 1.29 is 0 Å². The van der Waals surface area contributed by atoms with Gasteiger partial charge in [-0.3, -0.25) is 0 Å². The molecule has 0 spiro atoms. The summed E-state index contributed by atoms with van der Waals surface area (Å²) in [6, 6.07) is 3.21. The molecule has 1 aliphatic rings. The summed E-state index contributed by atoms with van der Waals surface area (Å²) < 4.78 is 0. The van der Waals surface area contributed by atoms with Crippen molar-refractivity contribution in [3.05, 3.63) is 0 Å². The van der Waals surface area contributed by atoms with E-state index in [0.717, 1.165) is 12.5 Å². The molecule has 0 aliphatic carbocycles. The molecule has 1 aliphatic heterocycles. The molecule has 0 aromatic heterocycles. The van der Waals surface area contributed by atoms with Crippen LogP contribution in [0.15, 0.2) is 0 Å². The minimum atomic E-state index is -0.136. The normalized spacial score (nSPS) is 22.4. The molecule has 1 fully saturated rings. The zero-order valence-electron chi connectivity index (χ0n) is 12.5. The molecule has 0 aromatic carbocycles. The minimum absolute atomic E-state index is 0.136. The predicted octanol–water partition coefficient (Wildman–Crippen LogP) is 4.36. The average molecular weight is 250 g/mol. The summed E-state index contributed by atoms with van der Waals surface area (Å²) in [4.78, 5) is 2.70. The van der Waals surface area contributed by atoms with Gasteiger partial charge in [-0.2, -0.15) is 5.26 Å². The Hall–Kier alpha value is -0.550. The highest BCUT2D eigenvalue weighted by Crippen LogP contribution is 2.23. The van der Waals surface area contributed by atoms with Crippen molar-refractivity contribution in [1.29, 1.82) is 5.26 Å². The molecule has 1 atom stereocenters. The van der Waals surface area contributed by atoms with Crippen LogP contribution in [-0.4, -0.2) is 24.0 Å². The van der Waals surface area contributed by atoms with Gasteiger partial charge in [0.25, 0.3) is 0 Å². The van der Waals surface area contributed by atoms with Gasteiger partial charge in [-0.05, 0) is 59.0 Å². The third-order valence-electron chi connectivity index (χ3n) is 4.27. The molecule has 0 aromatic rings. The van der Waals surface area contributed by atoms with E-state index in [4.69, 9.17) is 5.26 Å². The van der Waals surface area contributed by atoms with E-state index in [1.54, 1.807) is 0 Å². The lowest BCUT2D eigenvalue weighted by Gasteiger charge is -2.29. The summed E-state index contributed by atoms with van der Waals surface area (Å²) in [6.45, 7) is 8.95. The first-order valence-corrected chi connectivity index (χ1v) is 7.74. The Morgan fingerprint density at radius 1 is 1.22 bits per heavy atom. The first-order valence-electron chi connectivity index (χ1n) is 7.74. The van der Waals surface area contributed by atoms with E-state index in [1.807, 2.05) is 13.8 Å². The van der Waals surface area contributed by atoms with Gasteiger partial charge < -0.3 is 4.90 Å². The van der Waals surface area contributed by atoms with Gasteiger partial charge in [0.1, 0.15) is 0 Å². The highest BCUT2D eigenvalue weighted by molar-refractivity contribution is 4.91. The van der Waals surface area contributed by atoms with E-state index in [-0.39, 0.29) is 5.41 Å². The molecule has 0 N–H and O–H groups in total. The first-order chi connectivity index (χ1) is 8.59. The molecule has 2 nitrogen and oxygen atoms in total. The van der Waals surface area contributed by atoms with Gasteiger partial charge in [-0.1, -0.05) is 26.2 Å². The van der Waals surface area contributed by atoms with Crippen LogP contribution in [0.5, 0.6) is 0 Å². The summed E-state index contributed by atoms with van der Waals surface area (Å²) in [5.41, 5.74) is -0.136. The molecule has 0 radical (unpaired) electrons. The van der Waals surface area contributed by atoms with E-state index in [0.29, 0.717) is 0 Å². The largest absolute Gasteiger partial charge is 0.300 e. The van der Waals surface area contributed by atoms with Crippen LogP contribution >= 0.6 is 0 Å². The summed E-state index contributed by atoms with van der Waals surface area (Å²) in [5, 5.41) is 9.00. The zero-order chi connectivity index (χ0) is 13.4. The fraction of sp³-hybridized carbons (Fsp3) is 0.938. The second-order valence-electron chi connectivity index (χ2n) is 6.40. The van der Waals surface area contributed by atoms with Crippen molar-refractivity contribution >= 4 is 0 Å². The predicted molar refractivity (Wildman–Crippen MR) is 77.4 cm³/mol. The lowest BCUT2D eigenvalue weighted by Crippen LogP contribution is -2.35. The molecule has 0 saturated carbocycles. The first kappa shape index (κ1) is 15.5. The topological polar surface area (TPSA) is 27.0 Å². The highest BCUT2D eigenvalue weighted by Gasteiger charge is 2.20. The summed E-state index contributed by atoms with van der Waals surface area (Å²) in [7, 11) is 0. The molecule has 0 amide bonds. The molecule has 1 rings (SSSR count). The van der Waals surface area contributed by atoms with Crippen LogP contribution < -0.4 is 0 Å². The number of likely N-dealkylation sites (tertiary alicyclic amines) is 1. The Labute approximate surface area is 113 Å². The van der Waals surface area contributed by atoms with Crippen LogP contribution in [0.3, 0.4) is 0 Å². The Morgan fingerprint density at radius 3 is 2.67 bits per heavy atom. The van der Waals surface area contributed by atoms with Gasteiger partial charge in [0.05, 0.1) is 11.5 Å². The third kappa shape index (κ3) is 5.40. The van der Waals surface area contributed by atoms with Gasteiger partial charge in [0, 0.05) is 6.04 Å². The van der Waals surface area contributed by atoms with Crippen LogP contribution in [-0.2, 0) is 0 Å². The highest BCUT2D eigenvalue weighted by atomic mass is 15.1. The number of rotatable bonds is 6. The number of hydrogen-bond acceptors (Lipinski definition) is 2. The van der Waals surface area contributed by atoms with E-state index in [2.05, 4.69) is 17.9 Å². The Balaban J connectivity index is 2.26. The summed E-state index contributed by atoms with van der Waals surface area (Å²) in [5.74, 6) is 0. The van der Waals surface area contributed by atoms with Crippen LogP contribution in [0.2, 0.25) is 0 Å². The summed E-state index contributed by atoms with van der Waals surface area (Å²) >= 11 is 0. The fourth-order valence-corrected chi connectivity index (χ4v) is 2.93. The van der Waals surface area contributed by atoms with Crippen molar-refractivity contribution in [1.82, 2.24) is 4.90 Å². The Morgan fingerprint density at radius 2 is 2.00 bits per heavy atom. The molecule has 2 heteroatoms.